The van der Waals surface area contributed by atoms with Gasteiger partial charge in [-0.15, -0.1) is 0 Å². The largest absolute Gasteiger partial charge is 0.316 e. The fraction of sp³-hybridized carbons (Fsp3) is 0.294. The minimum Gasteiger partial charge on any atom is -0.316 e. The van der Waals surface area contributed by atoms with Crippen molar-refractivity contribution in [1.29, 1.82) is 0 Å². The summed E-state index contributed by atoms with van der Waals surface area (Å²) in [5.74, 6) is 0.395. The fourth-order valence-electron chi connectivity index (χ4n) is 2.29. The van der Waals surface area contributed by atoms with E-state index in [1.807, 2.05) is 30.3 Å². The van der Waals surface area contributed by atoms with E-state index in [4.69, 9.17) is 23.2 Å². The third-order valence-electron chi connectivity index (χ3n) is 3.41. The van der Waals surface area contributed by atoms with E-state index in [0.29, 0.717) is 5.92 Å². The molecule has 0 heterocycles. The van der Waals surface area contributed by atoms with Gasteiger partial charge in [0, 0.05) is 22.5 Å². The molecule has 0 saturated heterocycles. The van der Waals surface area contributed by atoms with E-state index in [9.17, 15) is 0 Å². The van der Waals surface area contributed by atoms with Crippen LogP contribution < -0.4 is 5.32 Å². The first kappa shape index (κ1) is 15.4. The topological polar surface area (TPSA) is 12.0 Å². The molecule has 0 spiro atoms. The fourth-order valence-corrected chi connectivity index (χ4v) is 2.63. The second-order valence-electron chi connectivity index (χ2n) is 4.85. The standard InChI is InChI=1S/C17H19Cl2N/c1-2-20-12-15(13-7-9-16(18)10-8-13)11-14-5-3-4-6-17(14)19/h3-10,15,20H,2,11-12H2,1H3. The maximum atomic E-state index is 6.27. The SMILES string of the molecule is CCNCC(Cc1ccccc1Cl)c1ccc(Cl)cc1. The van der Waals surface area contributed by atoms with E-state index in [0.717, 1.165) is 29.6 Å². The lowest BCUT2D eigenvalue weighted by Gasteiger charge is -2.19. The number of hydrogen-bond acceptors (Lipinski definition) is 1. The first-order valence-electron chi connectivity index (χ1n) is 6.90. The summed E-state index contributed by atoms with van der Waals surface area (Å²) in [5.41, 5.74) is 2.47. The van der Waals surface area contributed by atoms with Gasteiger partial charge in [-0.3, -0.25) is 0 Å². The highest BCUT2D eigenvalue weighted by atomic mass is 35.5. The van der Waals surface area contributed by atoms with Crippen LogP contribution in [0, 0.1) is 0 Å². The Morgan fingerprint density at radius 2 is 1.70 bits per heavy atom. The summed E-state index contributed by atoms with van der Waals surface area (Å²) in [6.45, 7) is 4.02. The van der Waals surface area contributed by atoms with Gasteiger partial charge in [-0.1, -0.05) is 60.5 Å². The van der Waals surface area contributed by atoms with Crippen molar-refractivity contribution in [2.45, 2.75) is 19.3 Å². The van der Waals surface area contributed by atoms with Gasteiger partial charge in [-0.05, 0) is 42.3 Å². The number of hydrogen-bond donors (Lipinski definition) is 1. The quantitative estimate of drug-likeness (QED) is 0.798. The number of nitrogens with one attached hydrogen (secondary N) is 1. The van der Waals surface area contributed by atoms with E-state index in [1.54, 1.807) is 0 Å². The van der Waals surface area contributed by atoms with E-state index in [2.05, 4.69) is 30.4 Å². The van der Waals surface area contributed by atoms with Crippen LogP contribution in [0.2, 0.25) is 10.0 Å². The average molecular weight is 308 g/mol. The van der Waals surface area contributed by atoms with Crippen LogP contribution in [0.15, 0.2) is 48.5 Å². The van der Waals surface area contributed by atoms with Crippen molar-refractivity contribution < 1.29 is 0 Å². The molecule has 0 saturated carbocycles. The summed E-state index contributed by atoms with van der Waals surface area (Å²) in [5, 5.41) is 5.03. The number of likely N-dealkylation sites (N-methyl/N-ethyl adjacent to an activating group) is 1. The van der Waals surface area contributed by atoms with Crippen molar-refractivity contribution >= 4 is 23.2 Å². The van der Waals surface area contributed by atoms with Gasteiger partial charge >= 0.3 is 0 Å². The molecule has 3 heteroatoms. The van der Waals surface area contributed by atoms with Crippen molar-refractivity contribution in [3.8, 4) is 0 Å². The molecular formula is C17H19Cl2N. The molecule has 1 nitrogen and oxygen atoms in total. The van der Waals surface area contributed by atoms with Gasteiger partial charge in [0.25, 0.3) is 0 Å². The predicted molar refractivity (Wildman–Crippen MR) is 87.9 cm³/mol. The highest BCUT2D eigenvalue weighted by Gasteiger charge is 2.13. The molecule has 106 valence electrons. The summed E-state index contributed by atoms with van der Waals surface area (Å²) < 4.78 is 0. The zero-order valence-corrected chi connectivity index (χ0v) is 13.1. The molecule has 0 amide bonds. The molecule has 0 aromatic heterocycles. The van der Waals surface area contributed by atoms with E-state index in [1.165, 1.54) is 11.1 Å². The molecule has 2 rings (SSSR count). The van der Waals surface area contributed by atoms with Crippen LogP contribution in [0.3, 0.4) is 0 Å². The Morgan fingerprint density at radius 1 is 1.00 bits per heavy atom. The summed E-state index contributed by atoms with van der Waals surface area (Å²) in [7, 11) is 0. The predicted octanol–water partition coefficient (Wildman–Crippen LogP) is 4.93. The summed E-state index contributed by atoms with van der Waals surface area (Å²) in [6.07, 6.45) is 0.925. The lowest BCUT2D eigenvalue weighted by Crippen LogP contribution is -2.22. The van der Waals surface area contributed by atoms with Crippen LogP contribution >= 0.6 is 23.2 Å². The molecule has 2 aromatic carbocycles. The highest BCUT2D eigenvalue weighted by molar-refractivity contribution is 6.31. The zero-order chi connectivity index (χ0) is 14.4. The number of rotatable bonds is 6. The number of benzene rings is 2. The normalized spacial score (nSPS) is 12.3. The molecule has 0 aliphatic carbocycles. The van der Waals surface area contributed by atoms with Crippen molar-refractivity contribution in [1.82, 2.24) is 5.32 Å². The lowest BCUT2D eigenvalue weighted by atomic mass is 9.92. The molecule has 0 radical (unpaired) electrons. The second kappa shape index (κ2) is 7.68. The molecule has 0 fully saturated rings. The molecule has 0 aliphatic rings. The van der Waals surface area contributed by atoms with Crippen LogP contribution in [-0.2, 0) is 6.42 Å². The number of halogens is 2. The van der Waals surface area contributed by atoms with Gasteiger partial charge in [-0.2, -0.15) is 0 Å². The van der Waals surface area contributed by atoms with E-state index >= 15 is 0 Å². The van der Waals surface area contributed by atoms with Gasteiger partial charge in [0.2, 0.25) is 0 Å². The van der Waals surface area contributed by atoms with Crippen LogP contribution in [0.25, 0.3) is 0 Å². The van der Waals surface area contributed by atoms with E-state index in [-0.39, 0.29) is 0 Å². The Balaban J connectivity index is 2.19. The highest BCUT2D eigenvalue weighted by Crippen LogP contribution is 2.25. The molecule has 0 bridgehead atoms. The Bertz CT molecular complexity index is 537. The maximum absolute atomic E-state index is 6.27. The summed E-state index contributed by atoms with van der Waals surface area (Å²) >= 11 is 12.2. The van der Waals surface area contributed by atoms with Crippen molar-refractivity contribution in [3.05, 3.63) is 69.7 Å². The molecular weight excluding hydrogens is 289 g/mol. The third kappa shape index (κ3) is 4.24. The van der Waals surface area contributed by atoms with E-state index < -0.39 is 0 Å². The third-order valence-corrected chi connectivity index (χ3v) is 4.03. The molecule has 0 aliphatic heterocycles. The van der Waals surface area contributed by atoms with Crippen LogP contribution in [0.4, 0.5) is 0 Å². The first-order valence-corrected chi connectivity index (χ1v) is 7.66. The Labute approximate surface area is 130 Å². The van der Waals surface area contributed by atoms with Gasteiger partial charge in [0.1, 0.15) is 0 Å². The molecule has 1 atom stereocenters. The summed E-state index contributed by atoms with van der Waals surface area (Å²) in [6, 6.07) is 16.1. The molecule has 1 unspecified atom stereocenters. The van der Waals surface area contributed by atoms with Crippen molar-refractivity contribution in [2.24, 2.45) is 0 Å². The first-order chi connectivity index (χ1) is 9.70. The maximum Gasteiger partial charge on any atom is 0.0438 e. The molecule has 1 N–H and O–H groups in total. The Morgan fingerprint density at radius 3 is 2.35 bits per heavy atom. The van der Waals surface area contributed by atoms with Gasteiger partial charge in [-0.25, -0.2) is 0 Å². The van der Waals surface area contributed by atoms with Gasteiger partial charge in [0.15, 0.2) is 0 Å². The minimum absolute atomic E-state index is 0.395. The van der Waals surface area contributed by atoms with Crippen LogP contribution in [0.5, 0.6) is 0 Å². The second-order valence-corrected chi connectivity index (χ2v) is 5.70. The van der Waals surface area contributed by atoms with Crippen molar-refractivity contribution in [3.63, 3.8) is 0 Å². The lowest BCUT2D eigenvalue weighted by molar-refractivity contribution is 0.595. The van der Waals surface area contributed by atoms with Crippen LogP contribution in [0.1, 0.15) is 24.0 Å². The van der Waals surface area contributed by atoms with Gasteiger partial charge in [0.05, 0.1) is 0 Å². The smallest absolute Gasteiger partial charge is 0.0438 e. The van der Waals surface area contributed by atoms with Crippen LogP contribution in [-0.4, -0.2) is 13.1 Å². The van der Waals surface area contributed by atoms with Crippen molar-refractivity contribution in [2.75, 3.05) is 13.1 Å². The molecule has 20 heavy (non-hydrogen) atoms. The Hall–Kier alpha value is -1.02. The molecule has 2 aromatic rings. The Kier molecular flexibility index (Phi) is 5.90. The zero-order valence-electron chi connectivity index (χ0n) is 11.6. The summed E-state index contributed by atoms with van der Waals surface area (Å²) in [4.78, 5) is 0. The average Bonchev–Trinajstić information content (AvgIpc) is 2.46. The van der Waals surface area contributed by atoms with Gasteiger partial charge < -0.3 is 5.32 Å². The monoisotopic (exact) mass is 307 g/mol. The minimum atomic E-state index is 0.395.